The molecule has 2 rings (SSSR count). The third-order valence-corrected chi connectivity index (χ3v) is 6.14. The Balaban J connectivity index is 1.70. The van der Waals surface area contributed by atoms with Gasteiger partial charge in [0.25, 0.3) is 5.91 Å². The molecular formula is C14H14Cl2N2O4S2. The molecule has 0 bridgehead atoms. The van der Waals surface area contributed by atoms with Gasteiger partial charge in [-0.15, -0.1) is 11.3 Å². The number of thiophene rings is 1. The first-order valence-corrected chi connectivity index (χ1v) is 9.88. The molecule has 130 valence electrons. The molecule has 0 aliphatic heterocycles. The van der Waals surface area contributed by atoms with E-state index in [9.17, 15) is 13.2 Å². The number of hydrogen-bond donors (Lipinski definition) is 2. The van der Waals surface area contributed by atoms with Gasteiger partial charge in [0.15, 0.2) is 6.61 Å². The summed E-state index contributed by atoms with van der Waals surface area (Å²) in [4.78, 5) is 11.7. The van der Waals surface area contributed by atoms with Crippen LogP contribution < -0.4 is 14.8 Å². The molecular weight excluding hydrogens is 395 g/mol. The topological polar surface area (TPSA) is 84.5 Å². The highest BCUT2D eigenvalue weighted by molar-refractivity contribution is 7.91. The monoisotopic (exact) mass is 408 g/mol. The zero-order valence-corrected chi connectivity index (χ0v) is 15.4. The number of benzene rings is 1. The smallest absolute Gasteiger partial charge is 0.257 e. The minimum absolute atomic E-state index is 0.0771. The molecule has 0 spiro atoms. The van der Waals surface area contributed by atoms with Gasteiger partial charge in [-0.25, -0.2) is 13.1 Å². The number of ether oxygens (including phenoxy) is 1. The van der Waals surface area contributed by atoms with Crippen molar-refractivity contribution in [1.29, 1.82) is 0 Å². The van der Waals surface area contributed by atoms with E-state index in [1.165, 1.54) is 12.1 Å². The minimum Gasteiger partial charge on any atom is -0.482 e. The zero-order chi connectivity index (χ0) is 17.6. The molecule has 0 fully saturated rings. The Kier molecular flexibility index (Phi) is 6.88. The molecule has 1 heterocycles. The molecule has 0 aliphatic carbocycles. The number of nitrogens with one attached hydrogen (secondary N) is 2. The van der Waals surface area contributed by atoms with Gasteiger partial charge in [0.1, 0.15) is 9.96 Å². The lowest BCUT2D eigenvalue weighted by molar-refractivity contribution is -0.123. The summed E-state index contributed by atoms with van der Waals surface area (Å²) in [5.41, 5.74) is 0. The van der Waals surface area contributed by atoms with Gasteiger partial charge >= 0.3 is 0 Å². The molecule has 0 radical (unpaired) electrons. The summed E-state index contributed by atoms with van der Waals surface area (Å²) in [6.45, 7) is -0.0200. The molecule has 24 heavy (non-hydrogen) atoms. The van der Waals surface area contributed by atoms with Crippen LogP contribution >= 0.6 is 34.5 Å². The first kappa shape index (κ1) is 19.0. The first-order chi connectivity index (χ1) is 11.4. The average molecular weight is 409 g/mol. The van der Waals surface area contributed by atoms with Crippen LogP contribution in [-0.2, 0) is 14.8 Å². The van der Waals surface area contributed by atoms with Crippen molar-refractivity contribution in [3.05, 3.63) is 45.8 Å². The van der Waals surface area contributed by atoms with Gasteiger partial charge in [0.05, 0.1) is 5.02 Å². The maximum atomic E-state index is 11.9. The van der Waals surface area contributed by atoms with E-state index in [0.717, 1.165) is 11.3 Å². The molecule has 0 atom stereocenters. The van der Waals surface area contributed by atoms with Crippen LogP contribution in [0, 0.1) is 0 Å². The summed E-state index contributed by atoms with van der Waals surface area (Å²) in [7, 11) is -3.52. The number of carbonyl (C=O) groups is 1. The van der Waals surface area contributed by atoms with Crippen LogP contribution in [0.25, 0.3) is 0 Å². The summed E-state index contributed by atoms with van der Waals surface area (Å²) in [5.74, 6) is -0.0500. The van der Waals surface area contributed by atoms with E-state index < -0.39 is 15.9 Å². The van der Waals surface area contributed by atoms with E-state index in [2.05, 4.69) is 10.0 Å². The summed E-state index contributed by atoms with van der Waals surface area (Å²) >= 11 is 12.8. The summed E-state index contributed by atoms with van der Waals surface area (Å²) < 4.78 is 31.6. The van der Waals surface area contributed by atoms with Gasteiger partial charge in [-0.1, -0.05) is 29.3 Å². The van der Waals surface area contributed by atoms with Gasteiger partial charge in [-0.3, -0.25) is 4.79 Å². The zero-order valence-electron chi connectivity index (χ0n) is 12.3. The predicted octanol–water partition coefficient (Wildman–Crippen LogP) is 2.53. The van der Waals surface area contributed by atoms with Crippen molar-refractivity contribution in [2.24, 2.45) is 0 Å². The van der Waals surface area contributed by atoms with E-state index in [4.69, 9.17) is 27.9 Å². The third kappa shape index (κ3) is 5.64. The van der Waals surface area contributed by atoms with Crippen LogP contribution in [0.1, 0.15) is 0 Å². The van der Waals surface area contributed by atoms with Crippen LogP contribution in [0.4, 0.5) is 0 Å². The van der Waals surface area contributed by atoms with Crippen molar-refractivity contribution in [1.82, 2.24) is 10.0 Å². The van der Waals surface area contributed by atoms with Crippen LogP contribution in [0.5, 0.6) is 5.75 Å². The Hall–Kier alpha value is -1.32. The van der Waals surface area contributed by atoms with E-state index in [1.807, 2.05) is 0 Å². The minimum atomic E-state index is -3.52. The van der Waals surface area contributed by atoms with Crippen molar-refractivity contribution in [2.75, 3.05) is 19.7 Å². The number of carbonyl (C=O) groups excluding carboxylic acids is 1. The molecule has 0 aliphatic rings. The third-order valence-electron chi connectivity index (χ3n) is 2.75. The van der Waals surface area contributed by atoms with E-state index in [0.29, 0.717) is 15.8 Å². The summed E-state index contributed by atoms with van der Waals surface area (Å²) in [6.07, 6.45) is 0. The lowest BCUT2D eigenvalue weighted by atomic mass is 10.3. The maximum absolute atomic E-state index is 11.9. The molecule has 1 aromatic heterocycles. The van der Waals surface area contributed by atoms with Crippen molar-refractivity contribution in [3.8, 4) is 5.75 Å². The van der Waals surface area contributed by atoms with Gasteiger partial charge < -0.3 is 10.1 Å². The molecule has 0 saturated heterocycles. The number of amides is 1. The van der Waals surface area contributed by atoms with Crippen molar-refractivity contribution in [3.63, 3.8) is 0 Å². The van der Waals surface area contributed by atoms with Crippen molar-refractivity contribution in [2.45, 2.75) is 4.21 Å². The highest BCUT2D eigenvalue weighted by Crippen LogP contribution is 2.27. The summed E-state index contributed by atoms with van der Waals surface area (Å²) in [5, 5.41) is 4.99. The predicted molar refractivity (Wildman–Crippen MR) is 94.5 cm³/mol. The molecule has 10 heteroatoms. The number of hydrogen-bond acceptors (Lipinski definition) is 5. The van der Waals surface area contributed by atoms with Crippen molar-refractivity contribution < 1.29 is 17.9 Å². The fourth-order valence-corrected chi connectivity index (χ4v) is 4.19. The fourth-order valence-electron chi connectivity index (χ4n) is 1.66. The Morgan fingerprint density at radius 3 is 2.67 bits per heavy atom. The Bertz CT molecular complexity index is 795. The SMILES string of the molecule is O=C(COc1ccc(Cl)cc1Cl)NCCNS(=O)(=O)c1cccs1. The Morgan fingerprint density at radius 2 is 2.00 bits per heavy atom. The Morgan fingerprint density at radius 1 is 1.21 bits per heavy atom. The molecule has 1 amide bonds. The van der Waals surface area contributed by atoms with Crippen molar-refractivity contribution >= 4 is 50.5 Å². The van der Waals surface area contributed by atoms with E-state index >= 15 is 0 Å². The van der Waals surface area contributed by atoms with Crippen LogP contribution in [0.3, 0.4) is 0 Å². The normalized spacial score (nSPS) is 11.2. The van der Waals surface area contributed by atoms with Gasteiger partial charge in [-0.2, -0.15) is 0 Å². The largest absolute Gasteiger partial charge is 0.482 e. The lowest BCUT2D eigenvalue weighted by Gasteiger charge is -2.09. The molecule has 0 saturated carbocycles. The standard InChI is InChI=1S/C14H14Cl2N2O4S2/c15-10-3-4-12(11(16)8-10)22-9-13(19)17-5-6-18-24(20,21)14-2-1-7-23-14/h1-4,7-8,18H,5-6,9H2,(H,17,19). The quantitative estimate of drug-likeness (QED) is 0.657. The molecule has 2 aromatic rings. The first-order valence-electron chi connectivity index (χ1n) is 6.76. The second-order valence-corrected chi connectivity index (χ2v) is 8.33. The average Bonchev–Trinajstić information content (AvgIpc) is 3.06. The van der Waals surface area contributed by atoms with E-state index in [-0.39, 0.29) is 23.9 Å². The highest BCUT2D eigenvalue weighted by Gasteiger charge is 2.14. The number of halogens is 2. The second kappa shape index (κ2) is 8.68. The Labute approximate surface area is 153 Å². The second-order valence-electron chi connectivity index (χ2n) is 4.54. The van der Waals surface area contributed by atoms with Gasteiger partial charge in [-0.05, 0) is 29.6 Å². The molecule has 1 aromatic carbocycles. The van der Waals surface area contributed by atoms with Crippen LogP contribution in [-0.4, -0.2) is 34.0 Å². The van der Waals surface area contributed by atoms with Crippen LogP contribution in [0.15, 0.2) is 39.9 Å². The van der Waals surface area contributed by atoms with Gasteiger partial charge in [0.2, 0.25) is 10.0 Å². The highest BCUT2D eigenvalue weighted by atomic mass is 35.5. The fraction of sp³-hybridized carbons (Fsp3) is 0.214. The lowest BCUT2D eigenvalue weighted by Crippen LogP contribution is -2.36. The maximum Gasteiger partial charge on any atom is 0.257 e. The number of sulfonamides is 1. The van der Waals surface area contributed by atoms with Gasteiger partial charge in [0, 0.05) is 18.1 Å². The van der Waals surface area contributed by atoms with E-state index in [1.54, 1.807) is 23.6 Å². The molecule has 2 N–H and O–H groups in total. The van der Waals surface area contributed by atoms with Crippen LogP contribution in [0.2, 0.25) is 10.0 Å². The molecule has 6 nitrogen and oxygen atoms in total. The number of rotatable bonds is 8. The summed E-state index contributed by atoms with van der Waals surface area (Å²) in [6, 6.07) is 7.83. The molecule has 0 unspecified atom stereocenters.